The molecule has 1 heterocycles. The molecule has 0 radical (unpaired) electrons. The molecule has 1 aliphatic rings. The van der Waals surface area contributed by atoms with E-state index in [1.807, 2.05) is 6.92 Å². The van der Waals surface area contributed by atoms with E-state index in [4.69, 9.17) is 5.73 Å². The number of nitrogens with two attached hydrogens (primary N) is 1. The third kappa shape index (κ3) is 3.91. The number of hydrogen-bond donors (Lipinski definition) is 1. The summed E-state index contributed by atoms with van der Waals surface area (Å²) in [4.78, 5) is 25.6. The minimum absolute atomic E-state index is 0.104. The Balaban J connectivity index is 1.91. The Morgan fingerprint density at radius 3 is 2.33 bits per heavy atom. The van der Waals surface area contributed by atoms with Gasteiger partial charge in [0.15, 0.2) is 0 Å². The fourth-order valence-corrected chi connectivity index (χ4v) is 2.63. The fourth-order valence-electron chi connectivity index (χ4n) is 2.63. The largest absolute Gasteiger partial charge is 0.370 e. The highest BCUT2D eigenvalue weighted by Gasteiger charge is 2.22. The maximum Gasteiger partial charge on any atom is 0.269 e. The highest BCUT2D eigenvalue weighted by atomic mass is 16.6. The molecule has 0 saturated carbocycles. The van der Waals surface area contributed by atoms with Crippen LogP contribution in [0.4, 0.5) is 11.4 Å². The van der Waals surface area contributed by atoms with E-state index in [1.165, 1.54) is 12.1 Å². The molecule has 0 spiro atoms. The number of non-ortho nitro benzene ring substituents is 1. The van der Waals surface area contributed by atoms with Crippen molar-refractivity contribution in [3.63, 3.8) is 0 Å². The van der Waals surface area contributed by atoms with E-state index in [1.54, 1.807) is 12.1 Å². The predicted octanol–water partition coefficient (Wildman–Crippen LogP) is 0.981. The number of anilines is 1. The number of benzene rings is 1. The van der Waals surface area contributed by atoms with Crippen LogP contribution in [-0.4, -0.2) is 48.0 Å². The summed E-state index contributed by atoms with van der Waals surface area (Å²) in [5.74, 6) is -0.278. The lowest BCUT2D eigenvalue weighted by molar-refractivity contribution is -0.384. The van der Waals surface area contributed by atoms with Crippen molar-refractivity contribution in [2.75, 3.05) is 31.1 Å². The zero-order chi connectivity index (χ0) is 15.4. The van der Waals surface area contributed by atoms with Crippen molar-refractivity contribution in [3.05, 3.63) is 34.4 Å². The molecule has 1 saturated heterocycles. The Hall–Kier alpha value is -2.15. The van der Waals surface area contributed by atoms with Gasteiger partial charge in [0, 0.05) is 56.5 Å². The van der Waals surface area contributed by atoms with Crippen LogP contribution in [0.1, 0.15) is 13.3 Å². The molecule has 1 unspecified atom stereocenters. The summed E-state index contributed by atoms with van der Waals surface area (Å²) in [7, 11) is 0. The standard InChI is InChI=1S/C14H20N4O3/c1-11(10-14(15)19)16-6-8-17(9-7-16)12-2-4-13(5-3-12)18(20)21/h2-5,11H,6-10H2,1H3,(H2,15,19). The van der Waals surface area contributed by atoms with Crippen molar-refractivity contribution >= 4 is 17.3 Å². The first-order valence-corrected chi connectivity index (χ1v) is 6.99. The summed E-state index contributed by atoms with van der Waals surface area (Å²) >= 11 is 0. The topological polar surface area (TPSA) is 92.7 Å². The van der Waals surface area contributed by atoms with Gasteiger partial charge in [0.05, 0.1) is 4.92 Å². The molecular weight excluding hydrogens is 272 g/mol. The van der Waals surface area contributed by atoms with Crippen LogP contribution < -0.4 is 10.6 Å². The van der Waals surface area contributed by atoms with Crippen molar-refractivity contribution in [3.8, 4) is 0 Å². The number of primary amides is 1. The first-order chi connectivity index (χ1) is 9.97. The molecule has 0 bridgehead atoms. The van der Waals surface area contributed by atoms with Gasteiger partial charge >= 0.3 is 0 Å². The fraction of sp³-hybridized carbons (Fsp3) is 0.500. The molecule has 1 aliphatic heterocycles. The zero-order valence-corrected chi connectivity index (χ0v) is 12.1. The normalized spacial score (nSPS) is 17.5. The molecule has 1 amide bonds. The van der Waals surface area contributed by atoms with E-state index < -0.39 is 4.92 Å². The molecule has 1 aromatic rings. The summed E-state index contributed by atoms with van der Waals surface area (Å²) in [6.45, 7) is 5.38. The van der Waals surface area contributed by atoms with Gasteiger partial charge in [-0.3, -0.25) is 19.8 Å². The highest BCUT2D eigenvalue weighted by molar-refractivity contribution is 5.74. The molecule has 1 fully saturated rings. The van der Waals surface area contributed by atoms with Gasteiger partial charge in [-0.05, 0) is 19.1 Å². The van der Waals surface area contributed by atoms with E-state index in [0.717, 1.165) is 31.9 Å². The second kappa shape index (κ2) is 6.53. The molecule has 7 heteroatoms. The number of carbonyl (C=O) groups is 1. The highest BCUT2D eigenvalue weighted by Crippen LogP contribution is 2.21. The first kappa shape index (κ1) is 15.2. The Kier molecular flexibility index (Phi) is 4.74. The summed E-state index contributed by atoms with van der Waals surface area (Å²) in [6, 6.07) is 6.76. The number of hydrogen-bond acceptors (Lipinski definition) is 5. The monoisotopic (exact) mass is 292 g/mol. The number of carbonyl (C=O) groups excluding carboxylic acids is 1. The van der Waals surface area contributed by atoms with Gasteiger partial charge in [0.2, 0.25) is 5.91 Å². The van der Waals surface area contributed by atoms with Gasteiger partial charge in [-0.2, -0.15) is 0 Å². The number of nitrogens with zero attached hydrogens (tertiary/aromatic N) is 3. The van der Waals surface area contributed by atoms with Crippen LogP contribution >= 0.6 is 0 Å². The number of amides is 1. The maximum atomic E-state index is 11.0. The van der Waals surface area contributed by atoms with Crippen molar-refractivity contribution in [1.82, 2.24) is 4.90 Å². The minimum atomic E-state index is -0.396. The molecule has 0 aliphatic carbocycles. The van der Waals surface area contributed by atoms with Gasteiger partial charge in [-0.15, -0.1) is 0 Å². The van der Waals surface area contributed by atoms with Gasteiger partial charge in [-0.1, -0.05) is 0 Å². The molecule has 1 aromatic carbocycles. The Morgan fingerprint density at radius 1 is 1.29 bits per heavy atom. The van der Waals surface area contributed by atoms with Crippen molar-refractivity contribution < 1.29 is 9.72 Å². The molecular formula is C14H20N4O3. The van der Waals surface area contributed by atoms with Crippen molar-refractivity contribution in [2.45, 2.75) is 19.4 Å². The Bertz CT molecular complexity index is 509. The molecule has 21 heavy (non-hydrogen) atoms. The lowest BCUT2D eigenvalue weighted by Crippen LogP contribution is -2.50. The van der Waals surface area contributed by atoms with E-state index in [9.17, 15) is 14.9 Å². The van der Waals surface area contributed by atoms with E-state index in [-0.39, 0.29) is 17.6 Å². The quantitative estimate of drug-likeness (QED) is 0.645. The number of rotatable bonds is 5. The summed E-state index contributed by atoms with van der Waals surface area (Å²) < 4.78 is 0. The van der Waals surface area contributed by atoms with E-state index in [0.29, 0.717) is 6.42 Å². The number of piperazine rings is 1. The van der Waals surface area contributed by atoms with Gasteiger partial charge in [0.25, 0.3) is 5.69 Å². The summed E-state index contributed by atoms with van der Waals surface area (Å²) in [5, 5.41) is 10.6. The van der Waals surface area contributed by atoms with Crippen LogP contribution in [0.2, 0.25) is 0 Å². The van der Waals surface area contributed by atoms with Crippen LogP contribution in [0.5, 0.6) is 0 Å². The van der Waals surface area contributed by atoms with Crippen LogP contribution in [0.15, 0.2) is 24.3 Å². The van der Waals surface area contributed by atoms with Crippen LogP contribution in [0.3, 0.4) is 0 Å². The van der Waals surface area contributed by atoms with Crippen molar-refractivity contribution in [2.24, 2.45) is 5.73 Å². The Morgan fingerprint density at radius 2 is 1.86 bits per heavy atom. The SMILES string of the molecule is CC(CC(N)=O)N1CCN(c2ccc([N+](=O)[O-])cc2)CC1. The zero-order valence-electron chi connectivity index (χ0n) is 12.1. The van der Waals surface area contributed by atoms with E-state index in [2.05, 4.69) is 9.80 Å². The maximum absolute atomic E-state index is 11.0. The molecule has 7 nitrogen and oxygen atoms in total. The Labute approximate surface area is 123 Å². The van der Waals surface area contributed by atoms with Crippen LogP contribution in [-0.2, 0) is 4.79 Å². The van der Waals surface area contributed by atoms with Crippen LogP contribution in [0, 0.1) is 10.1 Å². The van der Waals surface area contributed by atoms with E-state index >= 15 is 0 Å². The second-order valence-corrected chi connectivity index (χ2v) is 5.32. The average molecular weight is 292 g/mol. The molecule has 2 rings (SSSR count). The average Bonchev–Trinajstić information content (AvgIpc) is 2.47. The third-order valence-electron chi connectivity index (χ3n) is 3.86. The minimum Gasteiger partial charge on any atom is -0.370 e. The summed E-state index contributed by atoms with van der Waals surface area (Å²) in [5.41, 5.74) is 6.32. The summed E-state index contributed by atoms with van der Waals surface area (Å²) in [6.07, 6.45) is 0.373. The van der Waals surface area contributed by atoms with Gasteiger partial charge in [0.1, 0.15) is 0 Å². The first-order valence-electron chi connectivity index (χ1n) is 6.99. The lowest BCUT2D eigenvalue weighted by atomic mass is 10.1. The lowest BCUT2D eigenvalue weighted by Gasteiger charge is -2.38. The third-order valence-corrected chi connectivity index (χ3v) is 3.86. The van der Waals surface area contributed by atoms with Crippen molar-refractivity contribution in [1.29, 1.82) is 0 Å². The molecule has 2 N–H and O–H groups in total. The number of nitro groups is 1. The predicted molar refractivity (Wildman–Crippen MR) is 80.2 cm³/mol. The smallest absolute Gasteiger partial charge is 0.269 e. The van der Waals surface area contributed by atoms with Gasteiger partial charge < -0.3 is 10.6 Å². The van der Waals surface area contributed by atoms with Gasteiger partial charge in [-0.25, -0.2) is 0 Å². The molecule has 1 atom stereocenters. The second-order valence-electron chi connectivity index (χ2n) is 5.32. The van der Waals surface area contributed by atoms with Crippen LogP contribution in [0.25, 0.3) is 0 Å². The molecule has 0 aromatic heterocycles. The number of nitro benzene ring substituents is 1. The molecule has 114 valence electrons.